The number of carbonyl (C=O) groups is 1. The number of anilines is 1. The number of hydrogen-bond donors (Lipinski definition) is 1. The standard InChI is InChI=1S/C13H11F3N2O5S2/c1-7-4-8(23-13(14,15)16)2-3-10(7)25(21,22)18-12-17-6-9(24-12)5-11(19)20/h2-4,6H,5H2,1H3,(H,17,18)(H,19,20)/p-1. The average Bonchev–Trinajstić information content (AvgIpc) is 2.81. The maximum Gasteiger partial charge on any atom is 0.573 e. The first-order valence-corrected chi connectivity index (χ1v) is 8.80. The molecule has 7 nitrogen and oxygen atoms in total. The van der Waals surface area contributed by atoms with Gasteiger partial charge in [0, 0.05) is 23.5 Å². The number of aromatic nitrogens is 1. The molecule has 1 N–H and O–H groups in total. The number of carboxylic acid groups (broad SMARTS) is 1. The molecular formula is C13H10F3N2O5S2-. The van der Waals surface area contributed by atoms with Crippen LogP contribution in [-0.2, 0) is 21.2 Å². The second-order valence-electron chi connectivity index (χ2n) is 4.76. The Labute approximate surface area is 144 Å². The molecule has 0 atom stereocenters. The van der Waals surface area contributed by atoms with Gasteiger partial charge in [-0.25, -0.2) is 13.4 Å². The highest BCUT2D eigenvalue weighted by molar-refractivity contribution is 7.93. The van der Waals surface area contributed by atoms with Crippen LogP contribution >= 0.6 is 11.3 Å². The van der Waals surface area contributed by atoms with Crippen LogP contribution in [-0.4, -0.2) is 25.7 Å². The van der Waals surface area contributed by atoms with Crippen LogP contribution in [0.1, 0.15) is 10.4 Å². The first-order chi connectivity index (χ1) is 11.5. The number of nitrogens with one attached hydrogen (secondary N) is 1. The van der Waals surface area contributed by atoms with Crippen molar-refractivity contribution in [1.82, 2.24) is 4.98 Å². The Balaban J connectivity index is 2.21. The van der Waals surface area contributed by atoms with Gasteiger partial charge in [-0.3, -0.25) is 4.72 Å². The predicted octanol–water partition coefficient (Wildman–Crippen LogP) is 1.44. The monoisotopic (exact) mass is 395 g/mol. The summed E-state index contributed by atoms with van der Waals surface area (Å²) in [6.07, 6.45) is -4.12. The third-order valence-electron chi connectivity index (χ3n) is 2.76. The van der Waals surface area contributed by atoms with Crippen LogP contribution in [0.2, 0.25) is 0 Å². The molecule has 2 rings (SSSR count). The summed E-state index contributed by atoms with van der Waals surface area (Å²) in [4.78, 5) is 14.3. The van der Waals surface area contributed by atoms with E-state index in [4.69, 9.17) is 0 Å². The number of carboxylic acids is 1. The van der Waals surface area contributed by atoms with Crippen molar-refractivity contribution in [3.05, 3.63) is 34.8 Å². The number of thiazole rings is 1. The van der Waals surface area contributed by atoms with Gasteiger partial charge < -0.3 is 14.6 Å². The number of sulfonamides is 1. The zero-order valence-electron chi connectivity index (χ0n) is 12.5. The first-order valence-electron chi connectivity index (χ1n) is 6.50. The molecular weight excluding hydrogens is 385 g/mol. The molecule has 1 heterocycles. The maximum atomic E-state index is 12.3. The van der Waals surface area contributed by atoms with E-state index in [2.05, 4.69) is 14.4 Å². The van der Waals surface area contributed by atoms with Gasteiger partial charge in [0.15, 0.2) is 5.13 Å². The molecule has 0 aliphatic heterocycles. The van der Waals surface area contributed by atoms with Gasteiger partial charge in [0.1, 0.15) is 5.75 Å². The summed E-state index contributed by atoms with van der Waals surface area (Å²) in [5.74, 6) is -1.89. The molecule has 0 saturated heterocycles. The molecule has 2 aromatic rings. The van der Waals surface area contributed by atoms with Crippen LogP contribution in [0.5, 0.6) is 5.75 Å². The number of alkyl halides is 3. The van der Waals surface area contributed by atoms with Crippen LogP contribution in [0, 0.1) is 6.92 Å². The molecule has 0 fully saturated rings. The quantitative estimate of drug-likeness (QED) is 0.793. The summed E-state index contributed by atoms with van der Waals surface area (Å²) >= 11 is 0.804. The smallest absolute Gasteiger partial charge is 0.550 e. The number of halogens is 3. The lowest BCUT2D eigenvalue weighted by Crippen LogP contribution is -2.23. The van der Waals surface area contributed by atoms with E-state index in [0.29, 0.717) is 0 Å². The van der Waals surface area contributed by atoms with E-state index in [1.165, 1.54) is 13.1 Å². The zero-order valence-corrected chi connectivity index (χ0v) is 14.1. The lowest BCUT2D eigenvalue weighted by molar-refractivity contribution is -0.304. The van der Waals surface area contributed by atoms with Gasteiger partial charge in [-0.05, 0) is 30.7 Å². The van der Waals surface area contributed by atoms with Crippen molar-refractivity contribution >= 4 is 32.5 Å². The van der Waals surface area contributed by atoms with Gasteiger partial charge in [-0.15, -0.1) is 24.5 Å². The van der Waals surface area contributed by atoms with Crippen LogP contribution in [0.15, 0.2) is 29.3 Å². The van der Waals surface area contributed by atoms with E-state index in [1.54, 1.807) is 0 Å². The van der Waals surface area contributed by atoms with Gasteiger partial charge in [-0.1, -0.05) is 0 Å². The second-order valence-corrected chi connectivity index (χ2v) is 7.53. The highest BCUT2D eigenvalue weighted by atomic mass is 32.2. The normalized spacial score (nSPS) is 12.0. The number of ether oxygens (including phenoxy) is 1. The molecule has 0 bridgehead atoms. The van der Waals surface area contributed by atoms with Crippen molar-refractivity contribution in [3.63, 3.8) is 0 Å². The number of hydrogen-bond acceptors (Lipinski definition) is 7. The van der Waals surface area contributed by atoms with Gasteiger partial charge in [0.2, 0.25) is 0 Å². The minimum atomic E-state index is -4.89. The number of nitrogens with zero attached hydrogens (tertiary/aromatic N) is 1. The lowest BCUT2D eigenvalue weighted by Gasteiger charge is -2.12. The van der Waals surface area contributed by atoms with Crippen molar-refractivity contribution in [3.8, 4) is 5.75 Å². The SMILES string of the molecule is Cc1cc(OC(F)(F)F)ccc1S(=O)(=O)Nc1ncc(CC(=O)[O-])s1. The molecule has 0 aliphatic carbocycles. The van der Waals surface area contributed by atoms with Crippen molar-refractivity contribution < 1.29 is 36.2 Å². The lowest BCUT2D eigenvalue weighted by atomic mass is 10.2. The molecule has 0 aliphatic rings. The highest BCUT2D eigenvalue weighted by Crippen LogP contribution is 2.28. The van der Waals surface area contributed by atoms with Crippen molar-refractivity contribution in [2.45, 2.75) is 24.6 Å². The maximum absolute atomic E-state index is 12.3. The van der Waals surface area contributed by atoms with Gasteiger partial charge in [0.05, 0.1) is 4.90 Å². The zero-order chi connectivity index (χ0) is 18.8. The van der Waals surface area contributed by atoms with Gasteiger partial charge in [-0.2, -0.15) is 0 Å². The molecule has 12 heteroatoms. The fraction of sp³-hybridized carbons (Fsp3) is 0.231. The summed E-state index contributed by atoms with van der Waals surface area (Å²) in [7, 11) is -4.12. The molecule has 0 radical (unpaired) electrons. The second kappa shape index (κ2) is 6.88. The molecule has 0 saturated carbocycles. The Morgan fingerprint density at radius 2 is 2.08 bits per heavy atom. The Kier molecular flexibility index (Phi) is 5.23. The van der Waals surface area contributed by atoms with E-state index in [0.717, 1.165) is 29.5 Å². The summed E-state index contributed by atoms with van der Waals surface area (Å²) in [5, 5.41) is 10.4. The number of rotatable bonds is 6. The molecule has 136 valence electrons. The van der Waals surface area contributed by atoms with Crippen LogP contribution < -0.4 is 14.6 Å². The number of aliphatic carboxylic acids is 1. The largest absolute Gasteiger partial charge is 0.573 e. The molecule has 0 spiro atoms. The van der Waals surface area contributed by atoms with E-state index in [9.17, 15) is 31.5 Å². The van der Waals surface area contributed by atoms with Crippen LogP contribution in [0.4, 0.5) is 18.3 Å². The Bertz CT molecular complexity index is 893. The molecule has 0 amide bonds. The summed E-state index contributed by atoms with van der Waals surface area (Å²) < 4.78 is 67.0. The van der Waals surface area contributed by atoms with E-state index in [1.807, 2.05) is 0 Å². The molecule has 1 aromatic heterocycles. The Morgan fingerprint density at radius 1 is 1.40 bits per heavy atom. The highest BCUT2D eigenvalue weighted by Gasteiger charge is 2.31. The third-order valence-corrected chi connectivity index (χ3v) is 5.30. The number of benzene rings is 1. The Morgan fingerprint density at radius 3 is 2.64 bits per heavy atom. The topological polar surface area (TPSA) is 108 Å². The molecule has 25 heavy (non-hydrogen) atoms. The third kappa shape index (κ3) is 5.32. The fourth-order valence-corrected chi connectivity index (χ4v) is 4.14. The van der Waals surface area contributed by atoms with Crippen molar-refractivity contribution in [1.29, 1.82) is 0 Å². The van der Waals surface area contributed by atoms with Crippen molar-refractivity contribution in [2.24, 2.45) is 0 Å². The van der Waals surface area contributed by atoms with Gasteiger partial charge in [0.25, 0.3) is 10.0 Å². The minimum absolute atomic E-state index is 0.0285. The summed E-state index contributed by atoms with van der Waals surface area (Å²) in [6.45, 7) is 1.31. The molecule has 0 unspecified atom stereocenters. The summed E-state index contributed by atoms with van der Waals surface area (Å²) in [5.41, 5.74) is 0.0285. The average molecular weight is 395 g/mol. The Hall–Kier alpha value is -2.34. The van der Waals surface area contributed by atoms with Crippen LogP contribution in [0.3, 0.4) is 0 Å². The number of carbonyl (C=O) groups excluding carboxylic acids is 1. The van der Waals surface area contributed by atoms with E-state index < -0.39 is 34.5 Å². The van der Waals surface area contributed by atoms with Crippen LogP contribution in [0.25, 0.3) is 0 Å². The fourth-order valence-electron chi connectivity index (χ4n) is 1.87. The molecule has 1 aromatic carbocycles. The summed E-state index contributed by atoms with van der Waals surface area (Å²) in [6, 6.07) is 2.78. The minimum Gasteiger partial charge on any atom is -0.550 e. The van der Waals surface area contributed by atoms with E-state index >= 15 is 0 Å². The van der Waals surface area contributed by atoms with E-state index in [-0.39, 0.29) is 20.5 Å². The first kappa shape index (κ1) is 19.0. The van der Waals surface area contributed by atoms with Gasteiger partial charge >= 0.3 is 6.36 Å². The predicted molar refractivity (Wildman–Crippen MR) is 79.5 cm³/mol. The van der Waals surface area contributed by atoms with Crippen molar-refractivity contribution in [2.75, 3.05) is 4.72 Å². The number of aryl methyl sites for hydroxylation is 1.